The molecule has 0 heterocycles. The van der Waals surface area contributed by atoms with Crippen molar-refractivity contribution in [3.8, 4) is 0 Å². The smallest absolute Gasteiger partial charge is 0.305 e. The molecule has 25 heavy (non-hydrogen) atoms. The highest BCUT2D eigenvalue weighted by Crippen LogP contribution is 2.05. The standard InChI is InChI=1S/C23H36O2/c1-3-4-5-6-7-8-9-10-11-12-13-14-15-16-17-18-19-20-21-22-23(24)25-2/h4-5,7-8,10-11,13-14,16-17H,3,6,9,12,15,18-22H2,1-2H3/b5-4?,8-7?,11-10?,14-13?,17-16-. The largest absolute Gasteiger partial charge is 0.469 e. The highest BCUT2D eigenvalue weighted by Gasteiger charge is 1.97. The first kappa shape index (κ1) is 23.2. The Hall–Kier alpha value is -1.83. The first-order valence-electron chi connectivity index (χ1n) is 9.63. The van der Waals surface area contributed by atoms with Crippen molar-refractivity contribution in [2.45, 2.75) is 71.1 Å². The Labute approximate surface area is 155 Å². The van der Waals surface area contributed by atoms with E-state index in [9.17, 15) is 4.79 Å². The molecule has 140 valence electrons. The van der Waals surface area contributed by atoms with Gasteiger partial charge in [-0.3, -0.25) is 4.79 Å². The summed E-state index contributed by atoms with van der Waals surface area (Å²) in [4.78, 5) is 10.9. The summed E-state index contributed by atoms with van der Waals surface area (Å²) in [6.45, 7) is 2.15. The van der Waals surface area contributed by atoms with E-state index in [2.05, 4.69) is 72.4 Å². The molecule has 2 nitrogen and oxygen atoms in total. The van der Waals surface area contributed by atoms with E-state index in [4.69, 9.17) is 0 Å². The summed E-state index contributed by atoms with van der Waals surface area (Å²) in [5, 5.41) is 0. The molecule has 0 atom stereocenters. The third kappa shape index (κ3) is 20.1. The van der Waals surface area contributed by atoms with Crippen LogP contribution in [0.4, 0.5) is 0 Å². The predicted octanol–water partition coefficient (Wildman–Crippen LogP) is 6.86. The van der Waals surface area contributed by atoms with Gasteiger partial charge in [0, 0.05) is 6.42 Å². The molecular formula is C23H36O2. The molecule has 2 heteroatoms. The van der Waals surface area contributed by atoms with Crippen LogP contribution in [0.25, 0.3) is 0 Å². The summed E-state index contributed by atoms with van der Waals surface area (Å²) in [5.41, 5.74) is 0. The molecule has 0 saturated heterocycles. The minimum absolute atomic E-state index is 0.102. The van der Waals surface area contributed by atoms with E-state index in [1.54, 1.807) is 0 Å². The summed E-state index contributed by atoms with van der Waals surface area (Å²) in [6, 6.07) is 0. The van der Waals surface area contributed by atoms with Gasteiger partial charge in [0.05, 0.1) is 7.11 Å². The zero-order chi connectivity index (χ0) is 18.4. The van der Waals surface area contributed by atoms with Gasteiger partial charge in [-0.15, -0.1) is 0 Å². The minimum atomic E-state index is -0.102. The zero-order valence-electron chi connectivity index (χ0n) is 16.2. The number of carbonyl (C=O) groups excluding carboxylic acids is 1. The second kappa shape index (κ2) is 20.2. The second-order valence-corrected chi connectivity index (χ2v) is 5.88. The first-order chi connectivity index (χ1) is 12.3. The number of hydrogen-bond donors (Lipinski definition) is 0. The molecule has 0 aromatic heterocycles. The lowest BCUT2D eigenvalue weighted by Gasteiger charge is -1.98. The number of methoxy groups -OCH3 is 1. The topological polar surface area (TPSA) is 26.3 Å². The van der Waals surface area contributed by atoms with Crippen LogP contribution in [0, 0.1) is 0 Å². The number of allylic oxidation sites excluding steroid dienone is 10. The quantitative estimate of drug-likeness (QED) is 0.184. The molecule has 0 spiro atoms. The Morgan fingerprint density at radius 3 is 1.64 bits per heavy atom. The lowest BCUT2D eigenvalue weighted by atomic mass is 10.1. The van der Waals surface area contributed by atoms with Gasteiger partial charge >= 0.3 is 5.97 Å². The highest BCUT2D eigenvalue weighted by atomic mass is 16.5. The van der Waals surface area contributed by atoms with Crippen LogP contribution in [0.5, 0.6) is 0 Å². The Morgan fingerprint density at radius 1 is 0.680 bits per heavy atom. The Balaban J connectivity index is 3.43. The maximum absolute atomic E-state index is 10.9. The summed E-state index contributed by atoms with van der Waals surface area (Å²) in [7, 11) is 1.44. The van der Waals surface area contributed by atoms with Gasteiger partial charge in [0.1, 0.15) is 0 Å². The number of ether oxygens (including phenoxy) is 1. The molecule has 0 aliphatic rings. The van der Waals surface area contributed by atoms with Crippen molar-refractivity contribution in [3.05, 3.63) is 60.8 Å². The van der Waals surface area contributed by atoms with Gasteiger partial charge < -0.3 is 4.74 Å². The SMILES string of the molecule is CCC=CCC=CCC=CCC=CC/C=C\CCCCCC(=O)OC. The second-order valence-electron chi connectivity index (χ2n) is 5.88. The van der Waals surface area contributed by atoms with Crippen molar-refractivity contribution < 1.29 is 9.53 Å². The predicted molar refractivity (Wildman–Crippen MR) is 110 cm³/mol. The number of unbranched alkanes of at least 4 members (excludes halogenated alkanes) is 3. The fraction of sp³-hybridized carbons (Fsp3) is 0.522. The fourth-order valence-corrected chi connectivity index (χ4v) is 2.18. The van der Waals surface area contributed by atoms with E-state index in [-0.39, 0.29) is 5.97 Å². The lowest BCUT2D eigenvalue weighted by Crippen LogP contribution is -1.98. The van der Waals surface area contributed by atoms with Gasteiger partial charge in [-0.1, -0.05) is 74.1 Å². The number of rotatable bonds is 15. The Kier molecular flexibility index (Phi) is 18.7. The molecule has 0 radical (unpaired) electrons. The molecule has 0 amide bonds. The van der Waals surface area contributed by atoms with Gasteiger partial charge in [0.15, 0.2) is 0 Å². The third-order valence-corrected chi connectivity index (χ3v) is 3.64. The summed E-state index contributed by atoms with van der Waals surface area (Å²) >= 11 is 0. The normalized spacial score (nSPS) is 12.6. The van der Waals surface area contributed by atoms with E-state index < -0.39 is 0 Å². The van der Waals surface area contributed by atoms with Crippen molar-refractivity contribution in [1.29, 1.82) is 0 Å². The molecule has 0 aliphatic heterocycles. The van der Waals surface area contributed by atoms with Gasteiger partial charge in [-0.05, 0) is 51.4 Å². The molecule has 0 aliphatic carbocycles. The zero-order valence-corrected chi connectivity index (χ0v) is 16.2. The number of esters is 1. The van der Waals surface area contributed by atoms with Crippen LogP contribution < -0.4 is 0 Å². The molecule has 0 rings (SSSR count). The van der Waals surface area contributed by atoms with E-state index in [1.807, 2.05) is 0 Å². The van der Waals surface area contributed by atoms with Crippen LogP contribution in [-0.4, -0.2) is 13.1 Å². The van der Waals surface area contributed by atoms with Crippen LogP contribution >= 0.6 is 0 Å². The average molecular weight is 345 g/mol. The summed E-state index contributed by atoms with van der Waals surface area (Å²) in [6.07, 6.45) is 32.1. The monoisotopic (exact) mass is 344 g/mol. The maximum Gasteiger partial charge on any atom is 0.305 e. The highest BCUT2D eigenvalue weighted by molar-refractivity contribution is 5.68. The first-order valence-corrected chi connectivity index (χ1v) is 9.63. The fourth-order valence-electron chi connectivity index (χ4n) is 2.18. The lowest BCUT2D eigenvalue weighted by molar-refractivity contribution is -0.140. The van der Waals surface area contributed by atoms with Crippen molar-refractivity contribution >= 4 is 5.97 Å². The van der Waals surface area contributed by atoms with Gasteiger partial charge in [0.2, 0.25) is 0 Å². The summed E-state index contributed by atoms with van der Waals surface area (Å²) < 4.78 is 4.62. The molecule has 0 saturated carbocycles. The van der Waals surface area contributed by atoms with E-state index in [1.165, 1.54) is 7.11 Å². The summed E-state index contributed by atoms with van der Waals surface area (Å²) in [5.74, 6) is -0.102. The number of hydrogen-bond acceptors (Lipinski definition) is 2. The Morgan fingerprint density at radius 2 is 1.16 bits per heavy atom. The molecule has 0 unspecified atom stereocenters. The third-order valence-electron chi connectivity index (χ3n) is 3.64. The van der Waals surface area contributed by atoms with Crippen molar-refractivity contribution in [3.63, 3.8) is 0 Å². The van der Waals surface area contributed by atoms with Crippen LogP contribution in [-0.2, 0) is 9.53 Å². The minimum Gasteiger partial charge on any atom is -0.469 e. The van der Waals surface area contributed by atoms with Gasteiger partial charge in [0.25, 0.3) is 0 Å². The molecule has 0 aromatic carbocycles. The maximum atomic E-state index is 10.9. The van der Waals surface area contributed by atoms with E-state index in [0.29, 0.717) is 6.42 Å². The molecule has 0 bridgehead atoms. The molecular weight excluding hydrogens is 308 g/mol. The van der Waals surface area contributed by atoms with Gasteiger partial charge in [-0.2, -0.15) is 0 Å². The van der Waals surface area contributed by atoms with Crippen LogP contribution in [0.15, 0.2) is 60.8 Å². The molecule has 0 fully saturated rings. The number of carbonyl (C=O) groups is 1. The van der Waals surface area contributed by atoms with Gasteiger partial charge in [-0.25, -0.2) is 0 Å². The van der Waals surface area contributed by atoms with Crippen molar-refractivity contribution in [2.24, 2.45) is 0 Å². The Bertz CT molecular complexity index is 439. The molecule has 0 aromatic rings. The van der Waals surface area contributed by atoms with Crippen LogP contribution in [0.3, 0.4) is 0 Å². The molecule has 0 N–H and O–H groups in total. The van der Waals surface area contributed by atoms with E-state index >= 15 is 0 Å². The van der Waals surface area contributed by atoms with Crippen molar-refractivity contribution in [1.82, 2.24) is 0 Å². The average Bonchev–Trinajstić information content (AvgIpc) is 2.63. The van der Waals surface area contributed by atoms with Crippen LogP contribution in [0.2, 0.25) is 0 Å². The van der Waals surface area contributed by atoms with Crippen LogP contribution in [0.1, 0.15) is 71.1 Å². The van der Waals surface area contributed by atoms with E-state index in [0.717, 1.165) is 57.8 Å². The van der Waals surface area contributed by atoms with Crippen molar-refractivity contribution in [2.75, 3.05) is 7.11 Å².